The lowest BCUT2D eigenvalue weighted by molar-refractivity contribution is 0.0597. The lowest BCUT2D eigenvalue weighted by Gasteiger charge is -2.21. The van der Waals surface area contributed by atoms with Crippen LogP contribution in [-0.4, -0.2) is 21.4 Å². The maximum atomic E-state index is 13.8. The molecule has 3 nitrogen and oxygen atoms in total. The van der Waals surface area contributed by atoms with Gasteiger partial charge in [-0.2, -0.15) is 0 Å². The summed E-state index contributed by atoms with van der Waals surface area (Å²) in [7, 11) is -0.750. The van der Waals surface area contributed by atoms with Crippen molar-refractivity contribution in [3.63, 3.8) is 0 Å². The van der Waals surface area contributed by atoms with Gasteiger partial charge >= 0.3 is 5.97 Å². The lowest BCUT2D eigenvalue weighted by atomic mass is 10.2. The van der Waals surface area contributed by atoms with Crippen LogP contribution in [0.2, 0.25) is 19.6 Å². The lowest BCUT2D eigenvalue weighted by Crippen LogP contribution is -2.30. The van der Waals surface area contributed by atoms with Crippen molar-refractivity contribution in [2.75, 3.05) is 7.11 Å². The third kappa shape index (κ3) is 3.81. The van der Waals surface area contributed by atoms with Gasteiger partial charge in [-0.05, 0) is 31.8 Å². The van der Waals surface area contributed by atoms with Crippen molar-refractivity contribution in [2.45, 2.75) is 19.6 Å². The van der Waals surface area contributed by atoms with Crippen LogP contribution in [0.1, 0.15) is 10.4 Å². The van der Waals surface area contributed by atoms with Crippen molar-refractivity contribution >= 4 is 30.2 Å². The predicted octanol–water partition coefficient (Wildman–Crippen LogP) is 3.59. The van der Waals surface area contributed by atoms with E-state index in [1.165, 1.54) is 19.2 Å². The summed E-state index contributed by atoms with van der Waals surface area (Å²) in [4.78, 5) is 11.6. The van der Waals surface area contributed by atoms with Gasteiger partial charge in [0.1, 0.15) is 5.56 Å². The van der Waals surface area contributed by atoms with Crippen LogP contribution in [0.3, 0.4) is 0 Å². The molecular formula is C11H14BrFO3Si. The Morgan fingerprint density at radius 3 is 2.41 bits per heavy atom. The molecule has 0 aliphatic heterocycles. The molecule has 0 saturated heterocycles. The number of rotatable bonds is 3. The first kappa shape index (κ1) is 14.2. The number of hydrogen-bond donors (Lipinski definition) is 0. The Labute approximate surface area is 109 Å². The van der Waals surface area contributed by atoms with Gasteiger partial charge in [0, 0.05) is 4.47 Å². The number of halogens is 2. The van der Waals surface area contributed by atoms with Gasteiger partial charge in [-0.25, -0.2) is 9.18 Å². The number of hydrogen-bond acceptors (Lipinski definition) is 3. The highest BCUT2D eigenvalue weighted by Crippen LogP contribution is 2.30. The smallest absolute Gasteiger partial charge is 0.341 e. The molecule has 1 aromatic carbocycles. The molecule has 1 aromatic rings. The average Bonchev–Trinajstić information content (AvgIpc) is 2.19. The molecule has 0 spiro atoms. The number of carbonyl (C=O) groups is 1. The zero-order chi connectivity index (χ0) is 13.2. The maximum absolute atomic E-state index is 13.8. The van der Waals surface area contributed by atoms with E-state index in [9.17, 15) is 9.18 Å². The number of carbonyl (C=O) groups excluding carboxylic acids is 1. The molecule has 0 fully saturated rings. The summed E-state index contributed by atoms with van der Waals surface area (Å²) >= 11 is 3.13. The van der Waals surface area contributed by atoms with Gasteiger partial charge in [0.2, 0.25) is 8.32 Å². The summed E-state index contributed by atoms with van der Waals surface area (Å²) in [5.74, 6) is -1.21. The molecule has 0 heterocycles. The van der Waals surface area contributed by atoms with Crippen LogP contribution >= 0.6 is 15.9 Å². The Balaban J connectivity index is 3.30. The van der Waals surface area contributed by atoms with E-state index >= 15 is 0 Å². The monoisotopic (exact) mass is 320 g/mol. The quantitative estimate of drug-likeness (QED) is 0.630. The summed E-state index contributed by atoms with van der Waals surface area (Å²) in [6, 6.07) is 2.76. The molecule has 6 heteroatoms. The highest BCUT2D eigenvalue weighted by atomic mass is 79.9. The summed E-state index contributed by atoms with van der Waals surface area (Å²) in [6.45, 7) is 5.74. The molecular weight excluding hydrogens is 307 g/mol. The Kier molecular flexibility index (Phi) is 4.32. The molecule has 0 aliphatic carbocycles. The van der Waals surface area contributed by atoms with Gasteiger partial charge in [0.05, 0.1) is 7.11 Å². The summed E-state index contributed by atoms with van der Waals surface area (Å²) in [6.07, 6.45) is 0. The van der Waals surface area contributed by atoms with Crippen molar-refractivity contribution in [1.82, 2.24) is 0 Å². The zero-order valence-electron chi connectivity index (χ0n) is 10.1. The highest BCUT2D eigenvalue weighted by molar-refractivity contribution is 9.10. The molecule has 1 rings (SSSR count). The van der Waals surface area contributed by atoms with Crippen molar-refractivity contribution in [2.24, 2.45) is 0 Å². The van der Waals surface area contributed by atoms with Gasteiger partial charge in [0.15, 0.2) is 11.6 Å². The van der Waals surface area contributed by atoms with Crippen LogP contribution in [0.25, 0.3) is 0 Å². The van der Waals surface area contributed by atoms with E-state index in [1.807, 2.05) is 19.6 Å². The fourth-order valence-corrected chi connectivity index (χ4v) is 2.48. The molecule has 17 heavy (non-hydrogen) atoms. The normalized spacial score (nSPS) is 11.2. The van der Waals surface area contributed by atoms with E-state index < -0.39 is 20.1 Å². The van der Waals surface area contributed by atoms with E-state index in [0.717, 1.165) is 0 Å². The predicted molar refractivity (Wildman–Crippen MR) is 69.4 cm³/mol. The first-order valence-corrected chi connectivity index (χ1v) is 9.21. The second-order valence-corrected chi connectivity index (χ2v) is 9.81. The second-order valence-electron chi connectivity index (χ2n) is 4.47. The van der Waals surface area contributed by atoms with Crippen molar-refractivity contribution < 1.29 is 18.3 Å². The molecule has 94 valence electrons. The molecule has 0 unspecified atom stereocenters. The highest BCUT2D eigenvalue weighted by Gasteiger charge is 2.24. The van der Waals surface area contributed by atoms with E-state index in [2.05, 4.69) is 20.7 Å². The van der Waals surface area contributed by atoms with Crippen LogP contribution < -0.4 is 4.43 Å². The Morgan fingerprint density at radius 1 is 1.35 bits per heavy atom. The van der Waals surface area contributed by atoms with Gasteiger partial charge in [-0.3, -0.25) is 0 Å². The molecule has 0 aliphatic rings. The van der Waals surface area contributed by atoms with Crippen LogP contribution in [0.5, 0.6) is 5.75 Å². The Hall–Kier alpha value is -0.883. The summed E-state index contributed by atoms with van der Waals surface area (Å²) < 4.78 is 24.5. The van der Waals surface area contributed by atoms with E-state index in [-0.39, 0.29) is 11.3 Å². The van der Waals surface area contributed by atoms with E-state index in [1.54, 1.807) is 0 Å². The fourth-order valence-electron chi connectivity index (χ4n) is 1.23. The van der Waals surface area contributed by atoms with Crippen LogP contribution in [0.15, 0.2) is 16.6 Å². The minimum atomic E-state index is -2.00. The first-order chi connectivity index (χ1) is 7.74. The molecule has 0 N–H and O–H groups in total. The van der Waals surface area contributed by atoms with Gasteiger partial charge in [0.25, 0.3) is 0 Å². The molecule has 0 radical (unpaired) electrons. The van der Waals surface area contributed by atoms with E-state index in [0.29, 0.717) is 4.47 Å². The van der Waals surface area contributed by atoms with Crippen LogP contribution in [0.4, 0.5) is 4.39 Å². The molecule has 0 amide bonds. The number of ether oxygens (including phenoxy) is 1. The van der Waals surface area contributed by atoms with Crippen molar-refractivity contribution in [3.8, 4) is 5.75 Å². The largest absolute Gasteiger partial charge is 0.542 e. The summed E-state index contributed by atoms with van der Waals surface area (Å²) in [5, 5.41) is 0. The van der Waals surface area contributed by atoms with Crippen LogP contribution in [-0.2, 0) is 4.74 Å². The zero-order valence-corrected chi connectivity index (χ0v) is 12.7. The minimum absolute atomic E-state index is 0.0285. The first-order valence-electron chi connectivity index (χ1n) is 5.01. The van der Waals surface area contributed by atoms with E-state index in [4.69, 9.17) is 4.43 Å². The molecule has 0 bridgehead atoms. The van der Waals surface area contributed by atoms with Gasteiger partial charge in [-0.15, -0.1) is 0 Å². The third-order valence-corrected chi connectivity index (χ3v) is 3.10. The number of esters is 1. The van der Waals surface area contributed by atoms with Crippen molar-refractivity contribution in [1.29, 1.82) is 0 Å². The number of methoxy groups -OCH3 is 1. The topological polar surface area (TPSA) is 35.5 Å². The molecule has 0 atom stereocenters. The molecule has 0 aromatic heterocycles. The van der Waals surface area contributed by atoms with Crippen LogP contribution in [0, 0.1) is 5.82 Å². The third-order valence-electron chi connectivity index (χ3n) is 1.82. The average molecular weight is 321 g/mol. The second kappa shape index (κ2) is 5.18. The molecule has 0 saturated carbocycles. The Morgan fingerprint density at radius 2 is 1.94 bits per heavy atom. The number of benzene rings is 1. The Bertz CT molecular complexity index is 443. The standard InChI is InChI=1S/C11H14BrFO3Si/c1-15-11(14)8-5-7(12)6-9(13)10(8)16-17(2,3)4/h5-6H,1-4H3. The van der Waals surface area contributed by atoms with Crippen molar-refractivity contribution in [3.05, 3.63) is 28.0 Å². The van der Waals surface area contributed by atoms with Gasteiger partial charge < -0.3 is 9.16 Å². The summed E-state index contributed by atoms with van der Waals surface area (Å²) in [5.41, 5.74) is 0.0989. The minimum Gasteiger partial charge on any atom is -0.542 e. The maximum Gasteiger partial charge on any atom is 0.341 e. The fraction of sp³-hybridized carbons (Fsp3) is 0.364. The SMILES string of the molecule is COC(=O)c1cc(Br)cc(F)c1O[Si](C)(C)C. The van der Waals surface area contributed by atoms with Gasteiger partial charge in [-0.1, -0.05) is 15.9 Å².